The second kappa shape index (κ2) is 5.74. The number of aromatic nitrogens is 2. The van der Waals surface area contributed by atoms with Gasteiger partial charge in [0.1, 0.15) is 0 Å². The van der Waals surface area contributed by atoms with Crippen LogP contribution < -0.4 is 10.7 Å². The fraction of sp³-hybridized carbons (Fsp3) is 0.615. The van der Waals surface area contributed by atoms with E-state index in [0.29, 0.717) is 0 Å². The zero-order valence-corrected chi connectivity index (χ0v) is 10.2. The van der Waals surface area contributed by atoms with Crippen LogP contribution >= 0.6 is 0 Å². The molecular weight excluding hydrogens is 184 g/mol. The number of nitrogens with one attached hydrogen (secondary N) is 1. The lowest BCUT2D eigenvalue weighted by molar-refractivity contribution is 0.449. The maximum Gasteiger partial charge on any atom is 0.0931 e. The summed E-state index contributed by atoms with van der Waals surface area (Å²) >= 11 is 0. The Labute approximate surface area is 92.1 Å². The third-order valence-corrected chi connectivity index (χ3v) is 2.58. The average Bonchev–Trinajstić information content (AvgIpc) is 2.60. The van der Waals surface area contributed by atoms with E-state index in [-0.39, 0.29) is 0 Å². The van der Waals surface area contributed by atoms with Crippen molar-refractivity contribution >= 4 is 12.2 Å². The zero-order valence-electron chi connectivity index (χ0n) is 10.2. The minimum atomic E-state index is 0.742. The van der Waals surface area contributed by atoms with E-state index in [9.17, 15) is 0 Å². The first-order valence-electron chi connectivity index (χ1n) is 5.79. The summed E-state index contributed by atoms with van der Waals surface area (Å²) in [6.45, 7) is 8.88. The Kier molecular flexibility index (Phi) is 4.60. The molecule has 1 aromatic rings. The summed E-state index contributed by atoms with van der Waals surface area (Å²) < 4.78 is 0. The highest BCUT2D eigenvalue weighted by molar-refractivity contribution is 5.23. The largest absolute Gasteiger partial charge is 0.345 e. The fourth-order valence-corrected chi connectivity index (χ4v) is 1.92. The molecule has 0 aliphatic heterocycles. The third-order valence-electron chi connectivity index (χ3n) is 2.58. The van der Waals surface area contributed by atoms with E-state index in [0.717, 1.165) is 29.0 Å². The van der Waals surface area contributed by atoms with Gasteiger partial charge in [-0.3, -0.25) is 0 Å². The number of hydrogen-bond donors (Lipinski definition) is 1. The lowest BCUT2D eigenvalue weighted by Crippen LogP contribution is -2.24. The molecule has 1 atom stereocenters. The molecule has 15 heavy (non-hydrogen) atoms. The summed E-state index contributed by atoms with van der Waals surface area (Å²) in [7, 11) is 0. The van der Waals surface area contributed by atoms with Crippen LogP contribution in [0.15, 0.2) is 6.33 Å². The molecular formula is C13H22N2. The van der Waals surface area contributed by atoms with Crippen LogP contribution in [0, 0.1) is 11.8 Å². The number of hydrogen-bond acceptors (Lipinski definition) is 1. The van der Waals surface area contributed by atoms with Gasteiger partial charge in [-0.05, 0) is 31.6 Å². The molecule has 1 heterocycles. The van der Waals surface area contributed by atoms with Gasteiger partial charge in [0.15, 0.2) is 0 Å². The molecule has 0 fully saturated rings. The number of rotatable bonds is 4. The molecule has 0 spiro atoms. The van der Waals surface area contributed by atoms with Crippen molar-refractivity contribution in [3.8, 4) is 0 Å². The Bertz CT molecular complexity index is 387. The molecule has 0 bridgehead atoms. The summed E-state index contributed by atoms with van der Waals surface area (Å²) in [6.07, 6.45) is 8.45. The number of H-pyrrole nitrogens is 1. The molecule has 1 N–H and O–H groups in total. The van der Waals surface area contributed by atoms with Gasteiger partial charge in [0.2, 0.25) is 0 Å². The van der Waals surface area contributed by atoms with Crippen molar-refractivity contribution in [2.45, 2.75) is 40.5 Å². The van der Waals surface area contributed by atoms with Crippen molar-refractivity contribution in [3.63, 3.8) is 0 Å². The van der Waals surface area contributed by atoms with Crippen molar-refractivity contribution < 1.29 is 0 Å². The van der Waals surface area contributed by atoms with E-state index in [2.05, 4.69) is 42.9 Å². The molecule has 2 heteroatoms. The van der Waals surface area contributed by atoms with Gasteiger partial charge >= 0.3 is 0 Å². The topological polar surface area (TPSA) is 28.7 Å². The van der Waals surface area contributed by atoms with Crippen molar-refractivity contribution in [1.82, 2.24) is 9.97 Å². The summed E-state index contributed by atoms with van der Waals surface area (Å²) in [6, 6.07) is 0. The highest BCUT2D eigenvalue weighted by Crippen LogP contribution is 2.14. The van der Waals surface area contributed by atoms with Crippen LogP contribution in [0.4, 0.5) is 0 Å². The molecule has 1 aromatic heterocycles. The van der Waals surface area contributed by atoms with Gasteiger partial charge in [-0.25, -0.2) is 4.98 Å². The first-order chi connectivity index (χ1) is 7.13. The van der Waals surface area contributed by atoms with Crippen LogP contribution in [0.25, 0.3) is 12.2 Å². The van der Waals surface area contributed by atoms with Crippen LogP contribution in [0.2, 0.25) is 0 Å². The second-order valence-corrected chi connectivity index (χ2v) is 4.66. The van der Waals surface area contributed by atoms with Gasteiger partial charge < -0.3 is 4.98 Å². The van der Waals surface area contributed by atoms with E-state index in [4.69, 9.17) is 0 Å². The van der Waals surface area contributed by atoms with Crippen LogP contribution in [0.3, 0.4) is 0 Å². The molecule has 2 nitrogen and oxygen atoms in total. The summed E-state index contributed by atoms with van der Waals surface area (Å²) in [5.41, 5.74) is 0. The Hall–Kier alpha value is -1.05. The van der Waals surface area contributed by atoms with Crippen molar-refractivity contribution in [3.05, 3.63) is 17.0 Å². The number of aromatic amines is 1. The monoisotopic (exact) mass is 206 g/mol. The van der Waals surface area contributed by atoms with E-state index in [1.165, 1.54) is 6.42 Å². The second-order valence-electron chi connectivity index (χ2n) is 4.66. The molecule has 0 saturated heterocycles. The van der Waals surface area contributed by atoms with Crippen molar-refractivity contribution in [2.24, 2.45) is 11.8 Å². The van der Waals surface area contributed by atoms with E-state index >= 15 is 0 Å². The SMILES string of the molecule is C/C=c1/[nH]cn/c1=C/CC(C)CC(C)C. The van der Waals surface area contributed by atoms with Crippen molar-refractivity contribution in [1.29, 1.82) is 0 Å². The Morgan fingerprint density at radius 2 is 2.13 bits per heavy atom. The number of imidazole rings is 1. The predicted molar refractivity (Wildman–Crippen MR) is 65.7 cm³/mol. The average molecular weight is 206 g/mol. The van der Waals surface area contributed by atoms with Gasteiger partial charge in [0.25, 0.3) is 0 Å². The van der Waals surface area contributed by atoms with Gasteiger partial charge in [-0.1, -0.05) is 32.9 Å². The Balaban J connectivity index is 2.66. The van der Waals surface area contributed by atoms with Crippen molar-refractivity contribution in [2.75, 3.05) is 0 Å². The first kappa shape index (κ1) is 12.0. The third kappa shape index (κ3) is 3.90. The van der Waals surface area contributed by atoms with Gasteiger partial charge in [-0.15, -0.1) is 0 Å². The van der Waals surface area contributed by atoms with Crippen LogP contribution in [-0.2, 0) is 0 Å². The van der Waals surface area contributed by atoms with Crippen LogP contribution in [-0.4, -0.2) is 9.97 Å². The lowest BCUT2D eigenvalue weighted by atomic mass is 9.96. The Morgan fingerprint density at radius 1 is 1.40 bits per heavy atom. The predicted octanol–water partition coefficient (Wildman–Crippen LogP) is 2.06. The molecule has 0 aliphatic carbocycles. The molecule has 0 aromatic carbocycles. The van der Waals surface area contributed by atoms with Crippen LogP contribution in [0.5, 0.6) is 0 Å². The maximum absolute atomic E-state index is 4.30. The van der Waals surface area contributed by atoms with E-state index in [1.807, 2.05) is 6.92 Å². The lowest BCUT2D eigenvalue weighted by Gasteiger charge is -2.10. The number of nitrogens with zero attached hydrogens (tertiary/aromatic N) is 1. The zero-order chi connectivity index (χ0) is 11.3. The normalized spacial score (nSPS) is 16.3. The van der Waals surface area contributed by atoms with Gasteiger partial charge in [0, 0.05) is 0 Å². The molecule has 84 valence electrons. The molecule has 1 unspecified atom stereocenters. The first-order valence-corrected chi connectivity index (χ1v) is 5.79. The summed E-state index contributed by atoms with van der Waals surface area (Å²) in [5, 5.41) is 2.22. The highest BCUT2D eigenvalue weighted by atomic mass is 14.8. The van der Waals surface area contributed by atoms with Crippen LogP contribution in [0.1, 0.15) is 40.5 Å². The molecule has 0 aliphatic rings. The highest BCUT2D eigenvalue weighted by Gasteiger charge is 2.02. The van der Waals surface area contributed by atoms with E-state index in [1.54, 1.807) is 6.33 Å². The Morgan fingerprint density at radius 3 is 2.73 bits per heavy atom. The minimum absolute atomic E-state index is 0.742. The maximum atomic E-state index is 4.30. The van der Waals surface area contributed by atoms with E-state index < -0.39 is 0 Å². The quantitative estimate of drug-likeness (QED) is 0.802. The molecule has 0 radical (unpaired) electrons. The van der Waals surface area contributed by atoms with Gasteiger partial charge in [-0.2, -0.15) is 0 Å². The summed E-state index contributed by atoms with van der Waals surface area (Å²) in [5.74, 6) is 1.52. The fourth-order valence-electron chi connectivity index (χ4n) is 1.92. The molecule has 1 rings (SSSR count). The van der Waals surface area contributed by atoms with Gasteiger partial charge in [0.05, 0.1) is 17.0 Å². The minimum Gasteiger partial charge on any atom is -0.345 e. The summed E-state index contributed by atoms with van der Waals surface area (Å²) in [4.78, 5) is 7.42. The molecule has 0 amide bonds. The molecule has 0 saturated carbocycles. The standard InChI is InChI=1S/C13H22N2/c1-5-12-13(15-9-14-12)7-6-11(4)8-10(2)3/h5,7,9-11H,6,8H2,1-4H3,(H,14,15)/b12-5+,13-7+. The smallest absolute Gasteiger partial charge is 0.0931 e.